The van der Waals surface area contributed by atoms with Gasteiger partial charge in [-0.25, -0.2) is 4.39 Å². The highest BCUT2D eigenvalue weighted by Gasteiger charge is 2.21. The maximum atomic E-state index is 13.8. The molecule has 0 unspecified atom stereocenters. The van der Waals surface area contributed by atoms with Crippen molar-refractivity contribution in [2.24, 2.45) is 5.92 Å². The highest BCUT2D eigenvalue weighted by atomic mass is 19.1. The molecule has 0 aromatic heterocycles. The molecule has 0 saturated heterocycles. The van der Waals surface area contributed by atoms with Crippen molar-refractivity contribution in [1.29, 1.82) is 0 Å². The van der Waals surface area contributed by atoms with Crippen LogP contribution >= 0.6 is 0 Å². The molecular formula is C21H24FNO4. The zero-order valence-electron chi connectivity index (χ0n) is 15.8. The third-order valence-corrected chi connectivity index (χ3v) is 4.49. The Morgan fingerprint density at radius 1 is 1.15 bits per heavy atom. The summed E-state index contributed by atoms with van der Waals surface area (Å²) < 4.78 is 29.9. The molecule has 27 heavy (non-hydrogen) atoms. The van der Waals surface area contributed by atoms with Gasteiger partial charge in [0.15, 0.2) is 23.1 Å². The Balaban J connectivity index is 1.72. The van der Waals surface area contributed by atoms with Gasteiger partial charge in [0, 0.05) is 0 Å². The van der Waals surface area contributed by atoms with Crippen LogP contribution in [-0.4, -0.2) is 26.2 Å². The second kappa shape index (κ2) is 8.29. The molecule has 144 valence electrons. The van der Waals surface area contributed by atoms with E-state index in [9.17, 15) is 9.18 Å². The molecule has 1 aliphatic heterocycles. The van der Waals surface area contributed by atoms with E-state index in [1.807, 2.05) is 32.0 Å². The first-order valence-electron chi connectivity index (χ1n) is 8.99. The molecule has 0 saturated carbocycles. The van der Waals surface area contributed by atoms with Crippen LogP contribution in [-0.2, 0) is 11.2 Å². The molecule has 5 nitrogen and oxygen atoms in total. The lowest BCUT2D eigenvalue weighted by Crippen LogP contribution is -2.33. The van der Waals surface area contributed by atoms with Crippen LogP contribution in [0.5, 0.6) is 17.2 Å². The average Bonchev–Trinajstić information content (AvgIpc) is 2.65. The van der Waals surface area contributed by atoms with Gasteiger partial charge in [-0.3, -0.25) is 4.79 Å². The molecule has 0 radical (unpaired) electrons. The van der Waals surface area contributed by atoms with E-state index in [0.717, 1.165) is 5.56 Å². The fourth-order valence-corrected chi connectivity index (χ4v) is 3.12. The Morgan fingerprint density at radius 3 is 2.56 bits per heavy atom. The molecule has 0 fully saturated rings. The normalized spacial score (nSPS) is 14.0. The second-order valence-electron chi connectivity index (χ2n) is 6.84. The van der Waals surface area contributed by atoms with Crippen LogP contribution in [0.15, 0.2) is 36.4 Å². The van der Waals surface area contributed by atoms with Crippen molar-refractivity contribution in [2.45, 2.75) is 26.3 Å². The summed E-state index contributed by atoms with van der Waals surface area (Å²) in [7, 11) is 1.41. The van der Waals surface area contributed by atoms with Gasteiger partial charge in [-0.2, -0.15) is 0 Å². The van der Waals surface area contributed by atoms with Gasteiger partial charge in [-0.15, -0.1) is 0 Å². The van der Waals surface area contributed by atoms with Gasteiger partial charge in [0.1, 0.15) is 13.2 Å². The highest BCUT2D eigenvalue weighted by Crippen LogP contribution is 2.34. The molecule has 0 bridgehead atoms. The molecule has 0 spiro atoms. The van der Waals surface area contributed by atoms with Crippen LogP contribution in [0, 0.1) is 11.7 Å². The van der Waals surface area contributed by atoms with Gasteiger partial charge in [0.2, 0.25) is 5.91 Å². The number of rotatable bonds is 6. The monoisotopic (exact) mass is 373 g/mol. The average molecular weight is 373 g/mol. The number of ether oxygens (including phenoxy) is 3. The number of carbonyl (C=O) groups is 1. The maximum absolute atomic E-state index is 13.8. The summed E-state index contributed by atoms with van der Waals surface area (Å²) in [6.07, 6.45) is 0.0920. The fourth-order valence-electron chi connectivity index (χ4n) is 3.12. The van der Waals surface area contributed by atoms with Crippen LogP contribution in [0.25, 0.3) is 0 Å². The van der Waals surface area contributed by atoms with Gasteiger partial charge in [0.25, 0.3) is 0 Å². The molecule has 2 aromatic rings. The van der Waals surface area contributed by atoms with Gasteiger partial charge >= 0.3 is 0 Å². The van der Waals surface area contributed by atoms with Crippen molar-refractivity contribution in [3.05, 3.63) is 53.3 Å². The zero-order valence-corrected chi connectivity index (χ0v) is 15.8. The minimum atomic E-state index is -0.477. The van der Waals surface area contributed by atoms with Crippen LogP contribution in [0.1, 0.15) is 31.0 Å². The van der Waals surface area contributed by atoms with Gasteiger partial charge in [-0.1, -0.05) is 26.0 Å². The number of fused-ring (bicyclic) bond motifs is 1. The Kier molecular flexibility index (Phi) is 5.84. The number of amides is 1. The predicted molar refractivity (Wildman–Crippen MR) is 99.8 cm³/mol. The summed E-state index contributed by atoms with van der Waals surface area (Å²) in [4.78, 5) is 12.5. The van der Waals surface area contributed by atoms with E-state index in [1.165, 1.54) is 19.2 Å². The lowest BCUT2D eigenvalue weighted by atomic mass is 9.95. The van der Waals surface area contributed by atoms with E-state index in [1.54, 1.807) is 6.07 Å². The van der Waals surface area contributed by atoms with Crippen molar-refractivity contribution in [2.75, 3.05) is 20.3 Å². The molecular weight excluding hydrogens is 349 g/mol. The van der Waals surface area contributed by atoms with Crippen molar-refractivity contribution >= 4 is 5.91 Å². The molecule has 1 N–H and O–H groups in total. The van der Waals surface area contributed by atoms with Crippen LogP contribution in [0.4, 0.5) is 4.39 Å². The Morgan fingerprint density at radius 2 is 1.89 bits per heavy atom. The first-order valence-corrected chi connectivity index (χ1v) is 8.99. The Hall–Kier alpha value is -2.76. The van der Waals surface area contributed by atoms with Gasteiger partial charge < -0.3 is 19.5 Å². The van der Waals surface area contributed by atoms with Gasteiger partial charge in [0.05, 0.1) is 19.6 Å². The number of methoxy groups -OCH3 is 1. The van der Waals surface area contributed by atoms with E-state index in [0.29, 0.717) is 30.3 Å². The van der Waals surface area contributed by atoms with E-state index in [4.69, 9.17) is 14.2 Å². The second-order valence-corrected chi connectivity index (χ2v) is 6.84. The highest BCUT2D eigenvalue weighted by molar-refractivity contribution is 5.79. The minimum Gasteiger partial charge on any atom is -0.494 e. The summed E-state index contributed by atoms with van der Waals surface area (Å²) in [6, 6.07) is 10.1. The maximum Gasteiger partial charge on any atom is 0.224 e. The van der Waals surface area contributed by atoms with Crippen molar-refractivity contribution in [1.82, 2.24) is 5.32 Å². The topological polar surface area (TPSA) is 56.8 Å². The number of hydrogen-bond donors (Lipinski definition) is 1. The fraction of sp³-hybridized carbons (Fsp3) is 0.381. The molecule has 2 aromatic carbocycles. The van der Waals surface area contributed by atoms with Crippen molar-refractivity contribution in [3.63, 3.8) is 0 Å². The quantitative estimate of drug-likeness (QED) is 0.840. The van der Waals surface area contributed by atoms with Gasteiger partial charge in [-0.05, 0) is 41.3 Å². The molecule has 0 aliphatic carbocycles. The lowest BCUT2D eigenvalue weighted by molar-refractivity contribution is -0.121. The predicted octanol–water partition coefficient (Wildman–Crippen LogP) is 3.66. The number of hydrogen-bond acceptors (Lipinski definition) is 4. The molecule has 6 heteroatoms. The Bertz CT molecular complexity index is 822. The molecule has 1 heterocycles. The SMILES string of the molecule is COc1ccc(CC(=O)N[C@H](c2ccc3c(c2)OCCO3)C(C)C)cc1F. The number of benzene rings is 2. The van der Waals surface area contributed by atoms with Crippen LogP contribution in [0.2, 0.25) is 0 Å². The number of halogens is 1. The zero-order chi connectivity index (χ0) is 19.4. The van der Waals surface area contributed by atoms with Crippen molar-refractivity contribution < 1.29 is 23.4 Å². The van der Waals surface area contributed by atoms with Crippen LogP contribution in [0.3, 0.4) is 0 Å². The summed E-state index contributed by atoms with van der Waals surface area (Å²) in [5.74, 6) is 1.09. The largest absolute Gasteiger partial charge is 0.494 e. The molecule has 1 aliphatic rings. The third-order valence-electron chi connectivity index (χ3n) is 4.49. The third kappa shape index (κ3) is 4.51. The van der Waals surface area contributed by atoms with Crippen LogP contribution < -0.4 is 19.5 Å². The van der Waals surface area contributed by atoms with Crippen molar-refractivity contribution in [3.8, 4) is 17.2 Å². The standard InChI is InChI=1S/C21H24FNO4/c1-13(2)21(15-5-7-18-19(12-15)27-9-8-26-18)23-20(24)11-14-4-6-17(25-3)16(22)10-14/h4-7,10,12-13,21H,8-9,11H2,1-3H3,(H,23,24)/t21-/m0/s1. The summed E-state index contributed by atoms with van der Waals surface area (Å²) in [6.45, 7) is 5.12. The van der Waals surface area contributed by atoms with E-state index in [-0.39, 0.29) is 30.0 Å². The first kappa shape index (κ1) is 19.0. The number of nitrogens with one attached hydrogen (secondary N) is 1. The summed E-state index contributed by atoms with van der Waals surface area (Å²) in [5, 5.41) is 3.05. The number of carbonyl (C=O) groups excluding carboxylic acids is 1. The molecule has 1 atom stereocenters. The first-order chi connectivity index (χ1) is 13.0. The molecule has 1 amide bonds. The summed E-state index contributed by atoms with van der Waals surface area (Å²) >= 11 is 0. The lowest BCUT2D eigenvalue weighted by Gasteiger charge is -2.25. The van der Waals surface area contributed by atoms with E-state index in [2.05, 4.69) is 5.32 Å². The minimum absolute atomic E-state index is 0.0920. The molecule has 3 rings (SSSR count). The smallest absolute Gasteiger partial charge is 0.224 e. The Labute approximate surface area is 158 Å². The van der Waals surface area contributed by atoms with E-state index >= 15 is 0 Å². The summed E-state index contributed by atoms with van der Waals surface area (Å²) in [5.41, 5.74) is 1.54. The van der Waals surface area contributed by atoms with E-state index < -0.39 is 5.82 Å².